The van der Waals surface area contributed by atoms with Gasteiger partial charge in [-0.1, -0.05) is 12.5 Å². The highest BCUT2D eigenvalue weighted by Gasteiger charge is 2.28. The van der Waals surface area contributed by atoms with Gasteiger partial charge < -0.3 is 20.3 Å². The number of nitrogens with zero attached hydrogens (tertiary/aromatic N) is 3. The second-order valence-corrected chi connectivity index (χ2v) is 9.54. The minimum absolute atomic E-state index is 0.187. The fourth-order valence-electron chi connectivity index (χ4n) is 4.90. The summed E-state index contributed by atoms with van der Waals surface area (Å²) in [5, 5.41) is 6.30. The molecule has 1 saturated heterocycles. The molecule has 0 bridgehead atoms. The van der Waals surface area contributed by atoms with Crippen LogP contribution in [0.2, 0.25) is 0 Å². The number of ether oxygens (including phenoxy) is 1. The van der Waals surface area contributed by atoms with Gasteiger partial charge in [-0.25, -0.2) is 9.98 Å². The maximum absolute atomic E-state index is 13.2. The quantitative estimate of drug-likeness (QED) is 0.693. The number of benzene rings is 1. The standard InChI is InChI=1S/C27H31N5O3/c1-16-10-18(3)31-27(34)23(16)14-30-26(33)20-11-21-17(2)15-35-25(21)22(12-20)19-4-5-24(29-13-19)32-8-6-28-7-9-32/h4-5,10-13,17,23,28H,6-9,14-15H2,1-3H3,(H,30,33). The number of carbonyl (C=O) groups excluding carboxylic acids is 2. The van der Waals surface area contributed by atoms with Crippen LogP contribution in [-0.4, -0.2) is 61.8 Å². The average molecular weight is 474 g/mol. The summed E-state index contributed by atoms with van der Waals surface area (Å²) in [6, 6.07) is 7.84. The first kappa shape index (κ1) is 23.2. The zero-order valence-electron chi connectivity index (χ0n) is 20.4. The molecule has 1 fully saturated rings. The number of hydrogen-bond donors (Lipinski definition) is 2. The maximum atomic E-state index is 13.2. The number of nitrogens with one attached hydrogen (secondary N) is 2. The molecule has 182 valence electrons. The lowest BCUT2D eigenvalue weighted by atomic mass is 9.94. The minimum atomic E-state index is -0.430. The van der Waals surface area contributed by atoms with Crippen LogP contribution in [0.1, 0.15) is 42.6 Å². The minimum Gasteiger partial charge on any atom is -0.492 e. The van der Waals surface area contributed by atoms with Crippen LogP contribution in [0.15, 0.2) is 47.1 Å². The van der Waals surface area contributed by atoms with Crippen molar-refractivity contribution in [1.29, 1.82) is 0 Å². The van der Waals surface area contributed by atoms with Gasteiger partial charge in [-0.2, -0.15) is 0 Å². The van der Waals surface area contributed by atoms with Crippen molar-refractivity contribution in [3.05, 3.63) is 53.2 Å². The van der Waals surface area contributed by atoms with Gasteiger partial charge in [0.05, 0.1) is 12.5 Å². The Balaban J connectivity index is 1.39. The number of allylic oxidation sites excluding steroid dienone is 1. The molecular formula is C27H31N5O3. The second-order valence-electron chi connectivity index (χ2n) is 9.54. The number of amides is 2. The van der Waals surface area contributed by atoms with Crippen molar-refractivity contribution in [3.8, 4) is 16.9 Å². The van der Waals surface area contributed by atoms with Crippen LogP contribution in [0.4, 0.5) is 5.82 Å². The first-order chi connectivity index (χ1) is 16.9. The SMILES string of the molecule is CC1=CC(C)=NC(=O)C1CNC(=O)c1cc(-c2ccc(N3CCNCC3)nc2)c2c(c1)C(C)CO2. The number of dihydropyridines is 1. The molecule has 2 atom stereocenters. The zero-order valence-corrected chi connectivity index (χ0v) is 20.4. The number of fused-ring (bicyclic) bond motifs is 1. The molecule has 1 aromatic carbocycles. The smallest absolute Gasteiger partial charge is 0.254 e. The van der Waals surface area contributed by atoms with Crippen LogP contribution in [0, 0.1) is 5.92 Å². The lowest BCUT2D eigenvalue weighted by Gasteiger charge is -2.28. The molecule has 4 heterocycles. The summed E-state index contributed by atoms with van der Waals surface area (Å²) in [6.07, 6.45) is 3.75. The van der Waals surface area contributed by atoms with Gasteiger partial charge in [-0.15, -0.1) is 0 Å². The maximum Gasteiger partial charge on any atom is 0.254 e. The van der Waals surface area contributed by atoms with Crippen molar-refractivity contribution in [3.63, 3.8) is 0 Å². The molecule has 8 nitrogen and oxygen atoms in total. The molecule has 2 unspecified atom stereocenters. The summed E-state index contributed by atoms with van der Waals surface area (Å²) in [4.78, 5) is 36.5. The fourth-order valence-corrected chi connectivity index (χ4v) is 4.90. The Labute approximate surface area is 205 Å². The van der Waals surface area contributed by atoms with Crippen LogP contribution < -0.4 is 20.3 Å². The van der Waals surface area contributed by atoms with E-state index in [4.69, 9.17) is 9.72 Å². The molecule has 0 aliphatic carbocycles. The molecule has 5 rings (SSSR count). The van der Waals surface area contributed by atoms with Crippen LogP contribution in [0.3, 0.4) is 0 Å². The third-order valence-corrected chi connectivity index (χ3v) is 6.93. The van der Waals surface area contributed by atoms with Crippen molar-refractivity contribution in [1.82, 2.24) is 15.6 Å². The first-order valence-corrected chi connectivity index (χ1v) is 12.2. The monoisotopic (exact) mass is 473 g/mol. The van der Waals surface area contributed by atoms with Crippen molar-refractivity contribution in [2.75, 3.05) is 44.2 Å². The number of pyridine rings is 1. The Morgan fingerprint density at radius 3 is 2.74 bits per heavy atom. The van der Waals surface area contributed by atoms with Crippen molar-refractivity contribution < 1.29 is 14.3 Å². The van der Waals surface area contributed by atoms with Gasteiger partial charge in [0.15, 0.2) is 0 Å². The predicted octanol–water partition coefficient (Wildman–Crippen LogP) is 2.95. The summed E-state index contributed by atoms with van der Waals surface area (Å²) in [5.41, 5.74) is 4.95. The predicted molar refractivity (Wildman–Crippen MR) is 136 cm³/mol. The highest BCUT2D eigenvalue weighted by molar-refractivity contribution is 6.06. The number of aliphatic imine (C=N–C) groups is 1. The molecule has 2 aromatic rings. The summed E-state index contributed by atoms with van der Waals surface area (Å²) in [5.74, 6) is 1.10. The van der Waals surface area contributed by atoms with Gasteiger partial charge in [0, 0.05) is 72.8 Å². The van der Waals surface area contributed by atoms with E-state index in [-0.39, 0.29) is 24.3 Å². The van der Waals surface area contributed by atoms with E-state index in [1.807, 2.05) is 43.5 Å². The molecule has 8 heteroatoms. The lowest BCUT2D eigenvalue weighted by molar-refractivity contribution is -0.120. The molecule has 35 heavy (non-hydrogen) atoms. The zero-order chi connectivity index (χ0) is 24.5. The molecule has 0 radical (unpaired) electrons. The number of anilines is 1. The topological polar surface area (TPSA) is 95.9 Å². The molecule has 2 N–H and O–H groups in total. The van der Waals surface area contributed by atoms with Gasteiger partial charge in [-0.3, -0.25) is 9.59 Å². The Hall–Kier alpha value is -3.52. The van der Waals surface area contributed by atoms with Crippen LogP contribution in [0.5, 0.6) is 5.75 Å². The van der Waals surface area contributed by atoms with E-state index in [0.29, 0.717) is 17.9 Å². The van der Waals surface area contributed by atoms with E-state index in [1.54, 1.807) is 6.92 Å². The Morgan fingerprint density at radius 2 is 2.03 bits per heavy atom. The number of carbonyl (C=O) groups is 2. The van der Waals surface area contributed by atoms with Gasteiger partial charge in [0.25, 0.3) is 11.8 Å². The summed E-state index contributed by atoms with van der Waals surface area (Å²) < 4.78 is 6.03. The molecule has 0 saturated carbocycles. The highest BCUT2D eigenvalue weighted by Crippen LogP contribution is 2.42. The largest absolute Gasteiger partial charge is 0.492 e. The molecule has 0 spiro atoms. The number of rotatable bonds is 5. The Bertz CT molecular complexity index is 1210. The molecule has 3 aliphatic rings. The third kappa shape index (κ3) is 4.71. The van der Waals surface area contributed by atoms with Crippen LogP contribution in [-0.2, 0) is 4.79 Å². The van der Waals surface area contributed by atoms with Crippen LogP contribution >= 0.6 is 0 Å². The molecule has 1 aromatic heterocycles. The average Bonchev–Trinajstić information content (AvgIpc) is 3.24. The van der Waals surface area contributed by atoms with Crippen LogP contribution in [0.25, 0.3) is 11.1 Å². The van der Waals surface area contributed by atoms with E-state index >= 15 is 0 Å². The first-order valence-electron chi connectivity index (χ1n) is 12.2. The third-order valence-electron chi connectivity index (χ3n) is 6.93. The normalized spacial score (nSPS) is 21.7. The second kappa shape index (κ2) is 9.62. The van der Waals surface area contributed by atoms with Crippen molar-refractivity contribution in [2.24, 2.45) is 10.9 Å². The van der Waals surface area contributed by atoms with Gasteiger partial charge in [0.1, 0.15) is 11.6 Å². The number of aromatic nitrogens is 1. The van der Waals surface area contributed by atoms with E-state index in [9.17, 15) is 9.59 Å². The molecule has 2 amide bonds. The van der Waals surface area contributed by atoms with E-state index in [2.05, 4.69) is 27.4 Å². The Morgan fingerprint density at radius 1 is 1.23 bits per heavy atom. The highest BCUT2D eigenvalue weighted by atomic mass is 16.5. The van der Waals surface area contributed by atoms with E-state index in [1.165, 1.54) is 0 Å². The summed E-state index contributed by atoms with van der Waals surface area (Å²) >= 11 is 0. The van der Waals surface area contributed by atoms with E-state index in [0.717, 1.165) is 60.0 Å². The Kier molecular flexibility index (Phi) is 6.38. The summed E-state index contributed by atoms with van der Waals surface area (Å²) in [6.45, 7) is 10.4. The van der Waals surface area contributed by atoms with Gasteiger partial charge >= 0.3 is 0 Å². The van der Waals surface area contributed by atoms with E-state index < -0.39 is 5.92 Å². The summed E-state index contributed by atoms with van der Waals surface area (Å²) in [7, 11) is 0. The van der Waals surface area contributed by atoms with Gasteiger partial charge in [-0.05, 0) is 44.2 Å². The molecular weight excluding hydrogens is 442 g/mol. The number of hydrogen-bond acceptors (Lipinski definition) is 6. The molecule has 3 aliphatic heterocycles. The fraction of sp³-hybridized carbons (Fsp3) is 0.407. The lowest BCUT2D eigenvalue weighted by Crippen LogP contribution is -2.43. The number of piperazine rings is 1. The van der Waals surface area contributed by atoms with Gasteiger partial charge in [0.2, 0.25) is 0 Å². The van der Waals surface area contributed by atoms with Crippen molar-refractivity contribution >= 4 is 23.3 Å². The van der Waals surface area contributed by atoms with Crippen molar-refractivity contribution in [2.45, 2.75) is 26.7 Å².